The van der Waals surface area contributed by atoms with E-state index in [2.05, 4.69) is 0 Å². The number of amides is 2. The maximum atomic E-state index is 12.4. The van der Waals surface area contributed by atoms with E-state index < -0.39 is 40.0 Å². The second-order valence-corrected chi connectivity index (χ2v) is 8.98. The Morgan fingerprint density at radius 3 is 2.52 bits per heavy atom. The lowest BCUT2D eigenvalue weighted by molar-refractivity contribution is -0.151. The minimum Gasteiger partial charge on any atom is -0.444 e. The van der Waals surface area contributed by atoms with Crippen molar-refractivity contribution in [1.82, 2.24) is 9.62 Å². The van der Waals surface area contributed by atoms with E-state index in [4.69, 9.17) is 9.47 Å². The fraction of sp³-hybridized carbons (Fsp3) is 0.857. The fourth-order valence-corrected chi connectivity index (χ4v) is 3.59. The van der Waals surface area contributed by atoms with E-state index in [1.54, 1.807) is 20.8 Å². The van der Waals surface area contributed by atoms with Crippen molar-refractivity contribution in [2.45, 2.75) is 51.4 Å². The van der Waals surface area contributed by atoms with Crippen LogP contribution in [0.2, 0.25) is 0 Å². The van der Waals surface area contributed by atoms with Crippen LogP contribution in [0.3, 0.4) is 0 Å². The molecule has 132 valence electrons. The Balaban J connectivity index is 2.02. The highest BCUT2D eigenvalue weighted by Gasteiger charge is 2.55. The van der Waals surface area contributed by atoms with Gasteiger partial charge in [0.15, 0.2) is 0 Å². The molecule has 0 aromatic carbocycles. The lowest BCUT2D eigenvalue weighted by atomic mass is 10.1. The highest BCUT2D eigenvalue weighted by atomic mass is 32.2. The Hall–Kier alpha value is -1.35. The third kappa shape index (κ3) is 4.57. The van der Waals surface area contributed by atoms with Gasteiger partial charge in [-0.05, 0) is 46.0 Å². The summed E-state index contributed by atoms with van der Waals surface area (Å²) >= 11 is 0. The van der Waals surface area contributed by atoms with Crippen LogP contribution >= 0.6 is 0 Å². The van der Waals surface area contributed by atoms with E-state index in [1.807, 2.05) is 4.72 Å². The average molecular weight is 348 g/mol. The van der Waals surface area contributed by atoms with Gasteiger partial charge in [-0.15, -0.1) is 0 Å². The highest BCUT2D eigenvalue weighted by Crippen LogP contribution is 2.47. The van der Waals surface area contributed by atoms with Gasteiger partial charge in [-0.3, -0.25) is 14.4 Å². The molecule has 0 aromatic rings. The molecule has 1 saturated carbocycles. The molecule has 2 amide bonds. The van der Waals surface area contributed by atoms with Crippen molar-refractivity contribution in [3.05, 3.63) is 0 Å². The first kappa shape index (κ1) is 18.0. The monoisotopic (exact) mass is 348 g/mol. The van der Waals surface area contributed by atoms with Gasteiger partial charge >= 0.3 is 6.09 Å². The molecular weight excluding hydrogens is 324 g/mol. The maximum Gasteiger partial charge on any atom is 0.412 e. The number of carbonyl (C=O) groups excluding carboxylic acids is 2. The molecule has 2 unspecified atom stereocenters. The largest absolute Gasteiger partial charge is 0.444 e. The first-order valence-corrected chi connectivity index (χ1v) is 9.45. The molecule has 1 heterocycles. The Labute approximate surface area is 136 Å². The molecule has 2 rings (SSSR count). The summed E-state index contributed by atoms with van der Waals surface area (Å²) in [6.07, 6.45) is 2.59. The highest BCUT2D eigenvalue weighted by molar-refractivity contribution is 7.89. The van der Waals surface area contributed by atoms with E-state index in [1.165, 1.54) is 4.90 Å². The van der Waals surface area contributed by atoms with Crippen molar-refractivity contribution in [1.29, 1.82) is 0 Å². The smallest absolute Gasteiger partial charge is 0.412 e. The summed E-state index contributed by atoms with van der Waals surface area (Å²) in [6, 6.07) is 0. The summed E-state index contributed by atoms with van der Waals surface area (Å²) in [5.74, 6) is -0.429. The van der Waals surface area contributed by atoms with Crippen LogP contribution in [0, 0.1) is 5.92 Å². The summed E-state index contributed by atoms with van der Waals surface area (Å²) in [5, 5.41) is 0. The van der Waals surface area contributed by atoms with Crippen LogP contribution in [-0.4, -0.2) is 56.1 Å². The number of sulfonamides is 1. The molecule has 1 saturated heterocycles. The summed E-state index contributed by atoms with van der Waals surface area (Å²) in [4.78, 5) is 25.5. The van der Waals surface area contributed by atoms with Crippen LogP contribution in [0.5, 0.6) is 0 Å². The summed E-state index contributed by atoms with van der Waals surface area (Å²) in [7, 11) is -3.62. The molecule has 1 N–H and O–H groups in total. The van der Waals surface area contributed by atoms with Gasteiger partial charge < -0.3 is 9.47 Å². The number of nitrogens with zero attached hydrogens (tertiary/aromatic N) is 1. The molecule has 23 heavy (non-hydrogen) atoms. The van der Waals surface area contributed by atoms with Crippen LogP contribution in [0.25, 0.3) is 0 Å². The van der Waals surface area contributed by atoms with Gasteiger partial charge in [0.25, 0.3) is 5.91 Å². The third-order valence-corrected chi connectivity index (χ3v) is 4.47. The topological polar surface area (TPSA) is 102 Å². The molecule has 1 aliphatic carbocycles. The van der Waals surface area contributed by atoms with Gasteiger partial charge in [0, 0.05) is 6.54 Å². The van der Waals surface area contributed by atoms with Gasteiger partial charge in [0.1, 0.15) is 17.9 Å². The van der Waals surface area contributed by atoms with Crippen LogP contribution in [-0.2, 0) is 24.3 Å². The zero-order valence-corrected chi connectivity index (χ0v) is 14.7. The quantitative estimate of drug-likeness (QED) is 0.807. The lowest BCUT2D eigenvalue weighted by Crippen LogP contribution is -2.52. The van der Waals surface area contributed by atoms with Crippen molar-refractivity contribution in [2.24, 2.45) is 5.92 Å². The average Bonchev–Trinajstić information content (AvgIpc) is 2.90. The SMILES string of the molecule is CC(C)(C)OC(=O)N1CC2CCC1(OCC(=O)NS(C)(=O)=O)C2. The number of nitrogens with one attached hydrogen (secondary N) is 1. The van der Waals surface area contributed by atoms with E-state index in [0.29, 0.717) is 25.3 Å². The van der Waals surface area contributed by atoms with Gasteiger partial charge in [-0.25, -0.2) is 13.2 Å². The number of ether oxygens (including phenoxy) is 2. The molecule has 2 fully saturated rings. The molecule has 2 bridgehead atoms. The third-order valence-electron chi connectivity index (χ3n) is 3.87. The zero-order chi connectivity index (χ0) is 17.5. The van der Waals surface area contributed by atoms with E-state index >= 15 is 0 Å². The molecular formula is C14H24N2O6S. The van der Waals surface area contributed by atoms with Crippen LogP contribution < -0.4 is 4.72 Å². The first-order valence-electron chi connectivity index (χ1n) is 7.55. The molecule has 0 aromatic heterocycles. The molecule has 0 spiro atoms. The molecule has 8 nitrogen and oxygen atoms in total. The molecule has 2 atom stereocenters. The van der Waals surface area contributed by atoms with E-state index in [0.717, 1.165) is 12.7 Å². The van der Waals surface area contributed by atoms with Crippen LogP contribution in [0.4, 0.5) is 4.79 Å². The summed E-state index contributed by atoms with van der Waals surface area (Å²) in [6.45, 7) is 5.46. The van der Waals surface area contributed by atoms with Gasteiger partial charge in [0.05, 0.1) is 6.26 Å². The van der Waals surface area contributed by atoms with Crippen molar-refractivity contribution in [2.75, 3.05) is 19.4 Å². The standard InChI is InChI=1S/C14H24N2O6S/c1-13(2,3)22-12(18)16-8-10-5-6-14(16,7-10)21-9-11(17)15-23(4,19)20/h10H,5-9H2,1-4H3,(H,15,17). The number of piperidine rings is 1. The van der Waals surface area contributed by atoms with Crippen LogP contribution in [0.15, 0.2) is 0 Å². The predicted octanol–water partition coefficient (Wildman–Crippen LogP) is 0.826. The van der Waals surface area contributed by atoms with Gasteiger partial charge in [-0.1, -0.05) is 0 Å². The number of hydrogen-bond acceptors (Lipinski definition) is 6. The number of hydrogen-bond donors (Lipinski definition) is 1. The summed E-state index contributed by atoms with van der Waals surface area (Å²) in [5.41, 5.74) is -1.49. The minimum absolute atomic E-state index is 0.320. The number of rotatable bonds is 4. The fourth-order valence-electron chi connectivity index (χ4n) is 3.11. The Kier molecular flexibility index (Phi) is 4.64. The van der Waals surface area contributed by atoms with E-state index in [9.17, 15) is 18.0 Å². The second-order valence-electron chi connectivity index (χ2n) is 7.23. The molecule has 0 radical (unpaired) electrons. The minimum atomic E-state index is -3.62. The molecule has 2 aliphatic rings. The predicted molar refractivity (Wildman–Crippen MR) is 82.0 cm³/mol. The summed E-state index contributed by atoms with van der Waals surface area (Å²) < 4.78 is 35.0. The zero-order valence-electron chi connectivity index (χ0n) is 13.9. The maximum absolute atomic E-state index is 12.4. The van der Waals surface area contributed by atoms with Gasteiger partial charge in [-0.2, -0.15) is 0 Å². The lowest BCUT2D eigenvalue weighted by Gasteiger charge is -2.38. The number of likely N-dealkylation sites (tertiary alicyclic amines) is 1. The second kappa shape index (κ2) is 5.94. The van der Waals surface area contributed by atoms with Gasteiger partial charge in [0.2, 0.25) is 10.0 Å². The normalized spacial score (nSPS) is 27.1. The van der Waals surface area contributed by atoms with Crippen molar-refractivity contribution in [3.63, 3.8) is 0 Å². The van der Waals surface area contributed by atoms with Crippen LogP contribution in [0.1, 0.15) is 40.0 Å². The Bertz CT molecular complexity index is 597. The molecule has 9 heteroatoms. The van der Waals surface area contributed by atoms with Crippen molar-refractivity contribution < 1.29 is 27.5 Å². The Morgan fingerprint density at radius 1 is 1.35 bits per heavy atom. The first-order chi connectivity index (χ1) is 10.4. The number of fused-ring (bicyclic) bond motifs is 2. The van der Waals surface area contributed by atoms with Crippen molar-refractivity contribution >= 4 is 22.0 Å². The molecule has 1 aliphatic heterocycles. The number of carbonyl (C=O) groups is 2. The van der Waals surface area contributed by atoms with Crippen molar-refractivity contribution in [3.8, 4) is 0 Å². The van der Waals surface area contributed by atoms with E-state index in [-0.39, 0.29) is 0 Å². The Morgan fingerprint density at radius 2 is 2.00 bits per heavy atom.